The van der Waals surface area contributed by atoms with Gasteiger partial charge in [0, 0.05) is 16.8 Å². The maximum atomic E-state index is 8.83. The Morgan fingerprint density at radius 1 is 1.80 bits per heavy atom. The van der Waals surface area contributed by atoms with Crippen LogP contribution in [0.1, 0.15) is 0 Å². The summed E-state index contributed by atoms with van der Waals surface area (Å²) in [6, 6.07) is 0. The van der Waals surface area contributed by atoms with Gasteiger partial charge < -0.3 is 0 Å². The van der Waals surface area contributed by atoms with Gasteiger partial charge in [0.2, 0.25) is 0 Å². The van der Waals surface area contributed by atoms with Gasteiger partial charge in [0.05, 0.1) is 0 Å². The van der Waals surface area contributed by atoms with Crippen LogP contribution < -0.4 is 0 Å². The van der Waals surface area contributed by atoms with Gasteiger partial charge in [-0.15, -0.1) is 0 Å². The van der Waals surface area contributed by atoms with Crippen LogP contribution in [0.4, 0.5) is 4.79 Å². The van der Waals surface area contributed by atoms with Crippen LogP contribution in [0.25, 0.3) is 0 Å². The maximum absolute atomic E-state index is 8.83. The molecule has 4 heteroatoms. The van der Waals surface area contributed by atoms with Crippen molar-refractivity contribution >= 4 is 4.94 Å². The number of hydrogen-bond donors (Lipinski definition) is 1. The summed E-state index contributed by atoms with van der Waals surface area (Å²) in [6.07, 6.45) is 0. The molecule has 0 unspecified atom stereocenters. The molecule has 0 saturated heterocycles. The van der Waals surface area contributed by atoms with E-state index in [1.54, 1.807) is 0 Å². The Hall–Kier alpha value is 0.470. The zero-order valence-electron chi connectivity index (χ0n) is 2.01. The first kappa shape index (κ1) is 9.08. The standard InChI is InChI=1S/CHO2.Co.Ni/c2-1-3;;/h(H,2,3);;. The second-order valence-electron chi connectivity index (χ2n) is 0.227. The number of carbonyl (C=O) groups is 1. The van der Waals surface area contributed by atoms with Crippen LogP contribution in [0.3, 0.4) is 0 Å². The first-order chi connectivity index (χ1) is 1.73. The summed E-state index contributed by atoms with van der Waals surface area (Å²) in [5, 5.41) is 7.25. The van der Waals surface area contributed by atoms with Crippen LogP contribution >= 0.6 is 0 Å². The maximum Gasteiger partial charge on any atom is 0 e. The number of rotatable bonds is 0. The fourth-order valence-corrected chi connectivity index (χ4v) is 0. The molecule has 0 saturated carbocycles. The molecular formula is CHCoNiO2. The molecule has 0 aliphatic carbocycles. The quantitative estimate of drug-likeness (QED) is 0.517. The molecule has 1 N–H and O–H groups in total. The van der Waals surface area contributed by atoms with E-state index in [1.165, 1.54) is 0 Å². The molecular weight excluding hydrogens is 162 g/mol. The van der Waals surface area contributed by atoms with E-state index in [-0.39, 0.29) is 16.8 Å². The fraction of sp³-hybridized carbons (Fsp3) is 0. The molecule has 0 heterocycles. The Morgan fingerprint density at radius 2 is 1.80 bits per heavy atom. The molecule has 5 heavy (non-hydrogen) atoms. The third kappa shape index (κ3) is 123. The molecule has 1 radical (unpaired) electrons. The molecule has 0 bridgehead atoms. The van der Waals surface area contributed by atoms with E-state index in [9.17, 15) is 0 Å². The molecule has 0 aromatic rings. The third-order valence-corrected chi connectivity index (χ3v) is 0. The molecule has 36 valence electrons. The van der Waals surface area contributed by atoms with E-state index >= 15 is 0 Å². The van der Waals surface area contributed by atoms with Gasteiger partial charge in [-0.3, -0.25) is 0 Å². The topological polar surface area (TPSA) is 37.3 Å². The van der Waals surface area contributed by atoms with Gasteiger partial charge in [0.15, 0.2) is 0 Å². The second kappa shape index (κ2) is 4.47. The van der Waals surface area contributed by atoms with Crippen LogP contribution in [0.15, 0.2) is 0 Å². The minimum absolute atomic E-state index is 0. The van der Waals surface area contributed by atoms with Crippen LogP contribution in [0, 0.1) is 0 Å². The van der Waals surface area contributed by atoms with Gasteiger partial charge >= 0.3 is 30.3 Å². The summed E-state index contributed by atoms with van der Waals surface area (Å²) in [5.41, 5.74) is 0. The van der Waals surface area contributed by atoms with Crippen molar-refractivity contribution in [1.82, 2.24) is 0 Å². The van der Waals surface area contributed by atoms with Crippen molar-refractivity contribution in [1.29, 1.82) is 0 Å². The van der Waals surface area contributed by atoms with Crippen molar-refractivity contribution < 1.29 is 42.1 Å². The first-order valence-corrected chi connectivity index (χ1v) is 1.08. The molecule has 0 rings (SSSR count). The van der Waals surface area contributed by atoms with Crippen molar-refractivity contribution in [2.75, 3.05) is 0 Å². The van der Waals surface area contributed by atoms with Crippen LogP contribution in [0.5, 0.6) is 0 Å². The summed E-state index contributed by atoms with van der Waals surface area (Å²) < 4.78 is 0. The molecule has 0 aromatic carbocycles. The van der Waals surface area contributed by atoms with Crippen LogP contribution in [0.2, 0.25) is 0 Å². The van der Waals surface area contributed by atoms with Crippen molar-refractivity contribution in [3.05, 3.63) is 0 Å². The molecule has 0 aliphatic rings. The minimum Gasteiger partial charge on any atom is 0 e. The van der Waals surface area contributed by atoms with Crippen molar-refractivity contribution in [3.8, 4) is 0 Å². The van der Waals surface area contributed by atoms with Gasteiger partial charge in [0.25, 0.3) is 0 Å². The SMILES string of the molecule is O=[C](O)[Ni].[Co]. The predicted molar refractivity (Wildman–Crippen MR) is 8.02 cm³/mol. The smallest absolute Gasteiger partial charge is 0 e. The average molecular weight is 163 g/mol. The third-order valence-electron chi connectivity index (χ3n) is 0. The van der Waals surface area contributed by atoms with Gasteiger partial charge in [-0.1, -0.05) is 0 Å². The molecule has 0 atom stereocenters. The van der Waals surface area contributed by atoms with Crippen molar-refractivity contribution in [3.63, 3.8) is 0 Å². The van der Waals surface area contributed by atoms with E-state index in [1.807, 2.05) is 0 Å². The Morgan fingerprint density at radius 3 is 1.80 bits per heavy atom. The Kier molecular flexibility index (Phi) is 8.11. The Bertz CT molecular complexity index is 32.6. The first-order valence-electron chi connectivity index (χ1n) is 0.586. The average Bonchev–Trinajstić information content (AvgIpc) is 0.811. The summed E-state index contributed by atoms with van der Waals surface area (Å²) in [6.45, 7) is 0. The van der Waals surface area contributed by atoms with E-state index in [0.717, 1.165) is 0 Å². The van der Waals surface area contributed by atoms with Gasteiger partial charge in [-0.05, 0) is 0 Å². The summed E-state index contributed by atoms with van der Waals surface area (Å²) >= 11 is 3.29. The second-order valence-corrected chi connectivity index (χ2v) is 0.649. The van der Waals surface area contributed by atoms with E-state index in [2.05, 4.69) is 15.5 Å². The largest absolute Gasteiger partial charge is 0 e. The normalized spacial score (nSPS) is 5.20. The van der Waals surface area contributed by atoms with Crippen LogP contribution in [-0.4, -0.2) is 10.0 Å². The van der Waals surface area contributed by atoms with Crippen molar-refractivity contribution in [2.24, 2.45) is 0 Å². The van der Waals surface area contributed by atoms with E-state index in [0.29, 0.717) is 0 Å². The molecule has 2 nitrogen and oxygen atoms in total. The summed E-state index contributed by atoms with van der Waals surface area (Å²) in [7, 11) is 0. The monoisotopic (exact) mass is 162 g/mol. The summed E-state index contributed by atoms with van der Waals surface area (Å²) in [5.74, 6) is 0. The van der Waals surface area contributed by atoms with Gasteiger partial charge in [-0.25, -0.2) is 0 Å². The van der Waals surface area contributed by atoms with Crippen molar-refractivity contribution in [2.45, 2.75) is 0 Å². The molecule has 0 fully saturated rings. The molecule has 0 aromatic heterocycles. The summed E-state index contributed by atoms with van der Waals surface area (Å²) in [4.78, 5) is 7.63. The zero-order chi connectivity index (χ0) is 3.58. The molecule has 0 aliphatic heterocycles. The fourth-order valence-electron chi connectivity index (χ4n) is 0. The number of hydrogen-bond acceptors (Lipinski definition) is 1. The minimum atomic E-state index is -1.21. The van der Waals surface area contributed by atoms with Crippen LogP contribution in [-0.2, 0) is 32.2 Å². The Balaban J connectivity index is 0. The molecule has 0 spiro atoms. The zero-order valence-corrected chi connectivity index (χ0v) is 4.03. The van der Waals surface area contributed by atoms with Gasteiger partial charge in [0.1, 0.15) is 0 Å². The van der Waals surface area contributed by atoms with E-state index < -0.39 is 4.94 Å². The Labute approximate surface area is 47.5 Å². The van der Waals surface area contributed by atoms with E-state index in [4.69, 9.17) is 9.90 Å². The predicted octanol–water partition coefficient (Wildman–Crippen LogP) is 0.209. The molecule has 0 amide bonds. The van der Waals surface area contributed by atoms with Gasteiger partial charge in [-0.2, -0.15) is 0 Å². The number of carboxylic acid groups (broad SMARTS) is 1.